The summed E-state index contributed by atoms with van der Waals surface area (Å²) in [5.74, 6) is 0. The normalized spacial score (nSPS) is 17.2. The van der Waals surface area contributed by atoms with E-state index in [9.17, 15) is 5.48 Å². The Balaban J connectivity index is 1.62. The molecule has 40 heavy (non-hydrogen) atoms. The number of fused-ring (bicyclic) bond motifs is 8. The van der Waals surface area contributed by atoms with Crippen LogP contribution >= 0.6 is 11.3 Å². The van der Waals surface area contributed by atoms with Crippen LogP contribution in [-0.2, 0) is 0 Å². The molecule has 0 atom stereocenters. The molecule has 0 bridgehead atoms. The molecule has 2 aromatic heterocycles. The van der Waals surface area contributed by atoms with E-state index in [-0.39, 0.29) is 49.2 Å². The van der Waals surface area contributed by atoms with Gasteiger partial charge in [-0.05, 0) is 63.0 Å². The zero-order valence-electron chi connectivity index (χ0n) is 35.4. The van der Waals surface area contributed by atoms with Crippen LogP contribution in [0.2, 0.25) is 0 Å². The fourth-order valence-corrected chi connectivity index (χ4v) is 6.56. The highest BCUT2D eigenvalue weighted by Gasteiger charge is 2.22. The summed E-state index contributed by atoms with van der Waals surface area (Å²) < 4.78 is 141. The predicted octanol–water partition coefficient (Wildman–Crippen LogP) is 11.6. The first-order valence-corrected chi connectivity index (χ1v) is 13.2. The molecule has 2 heteroatoms. The van der Waals surface area contributed by atoms with Crippen molar-refractivity contribution in [2.45, 2.75) is 0 Å². The molecule has 0 unspecified atom stereocenters. The smallest absolute Gasteiger partial charge is 0.144 e. The van der Waals surface area contributed by atoms with Gasteiger partial charge in [-0.25, -0.2) is 0 Å². The van der Waals surface area contributed by atoms with E-state index in [1.807, 2.05) is 36.4 Å². The van der Waals surface area contributed by atoms with Crippen LogP contribution in [0, 0.1) is 0 Å². The van der Waals surface area contributed by atoms with Gasteiger partial charge in [0.2, 0.25) is 0 Å². The Bertz CT molecular complexity index is 3270. The summed E-state index contributed by atoms with van der Waals surface area (Å²) in [4.78, 5) is 0. The molecule has 2 heterocycles. The van der Waals surface area contributed by atoms with Crippen molar-refractivity contribution in [3.8, 4) is 22.3 Å². The van der Waals surface area contributed by atoms with Crippen LogP contribution < -0.4 is 0 Å². The van der Waals surface area contributed by atoms with Crippen molar-refractivity contribution in [2.75, 3.05) is 0 Å². The summed E-state index contributed by atoms with van der Waals surface area (Å²) in [6.45, 7) is 0. The molecule has 0 aliphatic heterocycles. The number of furan rings is 1. The monoisotopic (exact) mass is 541 g/mol. The van der Waals surface area contributed by atoms with E-state index in [0.717, 1.165) is 20.2 Å². The van der Waals surface area contributed by atoms with E-state index in [2.05, 4.69) is 0 Å². The van der Waals surface area contributed by atoms with Gasteiger partial charge in [0.25, 0.3) is 0 Å². The lowest BCUT2D eigenvalue weighted by Gasteiger charge is -2.15. The molecule has 0 radical (unpaired) electrons. The minimum atomic E-state index is -0.702. The maximum absolute atomic E-state index is 9.47. The third-order valence-electron chi connectivity index (χ3n) is 7.16. The highest BCUT2D eigenvalue weighted by Crippen LogP contribution is 2.48. The van der Waals surface area contributed by atoms with E-state index in [0.29, 0.717) is 5.56 Å². The summed E-state index contributed by atoms with van der Waals surface area (Å²) in [7, 11) is 0. The topological polar surface area (TPSA) is 13.1 Å². The number of rotatable bonds is 2. The van der Waals surface area contributed by atoms with E-state index in [4.69, 9.17) is 19.5 Å². The molecule has 0 aliphatic carbocycles. The fraction of sp³-hybridized carbons (Fsp3) is 0. The Hall–Kier alpha value is -4.92. The minimum absolute atomic E-state index is 0.109. The lowest BCUT2D eigenvalue weighted by atomic mass is 9.87. The molecule has 0 saturated heterocycles. The van der Waals surface area contributed by atoms with Crippen LogP contribution in [0.5, 0.6) is 0 Å². The lowest BCUT2D eigenvalue weighted by Crippen LogP contribution is -1.89. The highest BCUT2D eigenvalue weighted by atomic mass is 32.1. The summed E-state index contributed by atoms with van der Waals surface area (Å²) in [5, 5.41) is 0.294. The number of hydrogen-bond acceptors (Lipinski definition) is 2. The highest BCUT2D eigenvalue weighted by molar-refractivity contribution is 7.25. The molecule has 0 fully saturated rings. The number of hydrogen-bond donors (Lipinski definition) is 0. The van der Waals surface area contributed by atoms with Crippen molar-refractivity contribution in [1.82, 2.24) is 0 Å². The molecule has 9 rings (SSSR count). The summed E-state index contributed by atoms with van der Waals surface area (Å²) >= 11 is 1.55. The fourth-order valence-electron chi connectivity index (χ4n) is 5.47. The van der Waals surface area contributed by atoms with Gasteiger partial charge in [-0.3, -0.25) is 0 Å². The maximum Gasteiger partial charge on any atom is 0.144 e. The second-order valence-electron chi connectivity index (χ2n) is 9.32. The Kier molecular flexibility index (Phi) is 2.50. The largest absolute Gasteiger partial charge is 0.455 e. The Morgan fingerprint density at radius 3 is 2.17 bits per heavy atom. The Morgan fingerprint density at radius 1 is 0.550 bits per heavy atom. The Labute approximate surface area is 255 Å². The second-order valence-corrected chi connectivity index (χ2v) is 10.4. The molecule has 186 valence electrons. The van der Waals surface area contributed by atoms with Gasteiger partial charge in [0.05, 0.1) is 20.6 Å². The predicted molar refractivity (Wildman–Crippen MR) is 172 cm³/mol. The van der Waals surface area contributed by atoms with Crippen molar-refractivity contribution in [3.05, 3.63) is 133 Å². The van der Waals surface area contributed by atoms with Crippen molar-refractivity contribution in [2.24, 2.45) is 0 Å². The van der Waals surface area contributed by atoms with Gasteiger partial charge in [0, 0.05) is 42.1 Å². The third kappa shape index (κ3) is 3.08. The van der Waals surface area contributed by atoms with Gasteiger partial charge < -0.3 is 4.42 Å². The van der Waals surface area contributed by atoms with Gasteiger partial charge in [0.15, 0.2) is 0 Å². The standard InChI is InChI=1S/C38H22OS/c1-2-10-24-21-25(18-17-23(24)9-1)35-28-12-3-4-13-29(28)36(38-37(35)30-14-5-7-15-32(30)39-38)26-19-20-34-31(22-26)27-11-6-8-16-33(27)40-34/h1-22H/i1D,2D,3D,4D,5D,7D,9D,10D,12D,13D,14D,15D,17D,18D,21D. The van der Waals surface area contributed by atoms with Crippen LogP contribution in [0.4, 0.5) is 0 Å². The molecule has 0 aliphatic rings. The first kappa shape index (κ1) is 12.1. The van der Waals surface area contributed by atoms with Crippen LogP contribution in [0.3, 0.4) is 0 Å². The van der Waals surface area contributed by atoms with Crippen LogP contribution in [0.1, 0.15) is 20.6 Å². The number of para-hydroxylation sites is 1. The van der Waals surface area contributed by atoms with E-state index in [1.165, 1.54) is 0 Å². The van der Waals surface area contributed by atoms with Crippen LogP contribution in [-0.4, -0.2) is 0 Å². The van der Waals surface area contributed by atoms with Crippen molar-refractivity contribution in [1.29, 1.82) is 0 Å². The number of benzene rings is 7. The third-order valence-corrected chi connectivity index (χ3v) is 8.32. The van der Waals surface area contributed by atoms with Gasteiger partial charge >= 0.3 is 0 Å². The van der Waals surface area contributed by atoms with Gasteiger partial charge in [-0.1, -0.05) is 103 Å². The zero-order chi connectivity index (χ0) is 39.3. The van der Waals surface area contributed by atoms with Gasteiger partial charge in [-0.2, -0.15) is 0 Å². The van der Waals surface area contributed by atoms with E-state index in [1.54, 1.807) is 17.4 Å². The molecular weight excluding hydrogens is 504 g/mol. The summed E-state index contributed by atoms with van der Waals surface area (Å²) in [5.41, 5.74) is -0.620. The molecule has 1 nitrogen and oxygen atoms in total. The molecule has 7 aromatic carbocycles. The van der Waals surface area contributed by atoms with Crippen molar-refractivity contribution >= 4 is 75.0 Å². The van der Waals surface area contributed by atoms with Crippen molar-refractivity contribution < 1.29 is 25.0 Å². The summed E-state index contributed by atoms with van der Waals surface area (Å²) in [6.07, 6.45) is 0. The lowest BCUT2D eigenvalue weighted by molar-refractivity contribution is 0.670. The molecule has 0 saturated carbocycles. The van der Waals surface area contributed by atoms with Gasteiger partial charge in [-0.15, -0.1) is 11.3 Å². The maximum atomic E-state index is 9.47. The first-order valence-electron chi connectivity index (χ1n) is 19.9. The van der Waals surface area contributed by atoms with E-state index >= 15 is 0 Å². The number of thiophene rings is 1. The quantitative estimate of drug-likeness (QED) is 0.212. The molecular formula is C38H22OS. The van der Waals surface area contributed by atoms with Crippen LogP contribution in [0.15, 0.2) is 138 Å². The van der Waals surface area contributed by atoms with Crippen molar-refractivity contribution in [3.63, 3.8) is 0 Å². The SMILES string of the molecule is [2H]c1c([2H])c([2H])c2c(oc3c(-c4ccc5sc6ccccc6c5c4)c4c([2H])c([2H])c([2H])c([2H])c4c(-c4c([2H])c([2H])c5c([2H])c([2H])c([2H])c([2H])c5c4[2H])c32)c1[2H]. The van der Waals surface area contributed by atoms with Crippen LogP contribution in [0.25, 0.3) is 85.9 Å². The van der Waals surface area contributed by atoms with Gasteiger partial charge in [0.1, 0.15) is 11.2 Å². The molecule has 0 spiro atoms. The van der Waals surface area contributed by atoms with E-state index < -0.39 is 102 Å². The molecule has 0 N–H and O–H groups in total. The second kappa shape index (κ2) is 8.29. The minimum Gasteiger partial charge on any atom is -0.455 e. The molecule has 0 amide bonds. The Morgan fingerprint density at radius 2 is 1.27 bits per heavy atom. The first-order chi connectivity index (χ1) is 26.1. The zero-order valence-corrected chi connectivity index (χ0v) is 21.2. The average Bonchev–Trinajstić information content (AvgIpc) is 3.76. The summed E-state index contributed by atoms with van der Waals surface area (Å²) in [6, 6.07) is 3.70. The average molecular weight is 542 g/mol. The molecule has 9 aromatic rings.